The maximum absolute atomic E-state index is 13.5. The summed E-state index contributed by atoms with van der Waals surface area (Å²) in [5.74, 6) is 0. The Hall–Kier alpha value is -0.470. The largest absolute Gasteiger partial charge is 1.00 e. The van der Waals surface area contributed by atoms with Crippen LogP contribution in [0, 0.1) is 0 Å². The average Bonchev–Trinajstić information content (AvgIpc) is 3.52. The van der Waals surface area contributed by atoms with Crippen molar-refractivity contribution in [3.63, 3.8) is 0 Å². The summed E-state index contributed by atoms with van der Waals surface area (Å²) in [6, 6.07) is 0. The molecule has 1 aromatic rings. The molecule has 0 aliphatic rings. The van der Waals surface area contributed by atoms with Crippen LogP contribution in [0.2, 0.25) is 0 Å². The van der Waals surface area contributed by atoms with Gasteiger partial charge in [-0.3, -0.25) is 9.05 Å². The van der Waals surface area contributed by atoms with Crippen molar-refractivity contribution in [3.8, 4) is 0 Å². The van der Waals surface area contributed by atoms with Crippen LogP contribution < -0.4 is 33.6 Å². The van der Waals surface area contributed by atoms with E-state index < -0.39 is 7.75 Å². The van der Waals surface area contributed by atoms with Crippen molar-refractivity contribution in [3.05, 3.63) is 43.0 Å². The highest BCUT2D eigenvalue weighted by Gasteiger charge is 2.24. The summed E-state index contributed by atoms with van der Waals surface area (Å²) >= 11 is 0. The van der Waals surface area contributed by atoms with E-state index in [1.807, 2.05) is 30.3 Å². The topological polar surface area (TPSA) is 56.4 Å². The third kappa shape index (κ3) is 33.4. The molecule has 0 fully saturated rings. The zero-order chi connectivity index (χ0) is 35.4. The van der Waals surface area contributed by atoms with Crippen molar-refractivity contribution >= 4 is 7.75 Å². The molecule has 1 rings (SSSR count). The first kappa shape index (κ1) is 49.5. The molecule has 50 heavy (non-hydrogen) atoms. The molecule has 0 amide bonds. The molecule has 0 atom stereocenters. The monoisotopic (exact) mass is 834 g/mol. The van der Waals surface area contributed by atoms with Crippen molar-refractivity contribution in [2.45, 2.75) is 200 Å². The molecule has 0 saturated heterocycles. The Balaban J connectivity index is 0.0000240. The first-order chi connectivity index (χ1) is 24.1. The van der Waals surface area contributed by atoms with E-state index in [0.717, 1.165) is 32.2 Å². The number of nitrogens with zero attached hydrogens (tertiary/aromatic N) is 2. The second-order valence-electron chi connectivity index (χ2n) is 14.3. The van der Waals surface area contributed by atoms with Crippen LogP contribution >= 0.6 is 7.75 Å². The summed E-state index contributed by atoms with van der Waals surface area (Å²) < 4.78 is 29.5. The minimum Gasteiger partial charge on any atom is -1.00 e. The molecule has 0 unspecified atom stereocenters. The Morgan fingerprint density at radius 3 is 1.30 bits per heavy atom. The Morgan fingerprint density at radius 1 is 0.580 bits per heavy atom. The van der Waals surface area contributed by atoms with Gasteiger partial charge in [0.15, 0.2) is 0 Å². The number of hydrogen-bond donors (Lipinski definition) is 1. The van der Waals surface area contributed by atoms with Crippen LogP contribution in [-0.4, -0.2) is 24.3 Å². The Bertz CT molecular complexity index is 891. The number of allylic oxidation sites excluding steroid dienone is 4. The fourth-order valence-electron chi connectivity index (χ4n) is 6.15. The van der Waals surface area contributed by atoms with Gasteiger partial charge in [-0.1, -0.05) is 154 Å². The molecule has 1 N–H and O–H groups in total. The number of aryl methyl sites for hydroxylation is 1. The Morgan fingerprint density at radius 2 is 0.940 bits per heavy atom. The lowest BCUT2D eigenvalue weighted by Crippen LogP contribution is -3.00. The summed E-state index contributed by atoms with van der Waals surface area (Å²) in [5, 5.41) is 3.13. The molecule has 1 aromatic heterocycles. The summed E-state index contributed by atoms with van der Waals surface area (Å²) in [7, 11) is -1.31. The van der Waals surface area contributed by atoms with Crippen LogP contribution in [0.5, 0.6) is 0 Å². The van der Waals surface area contributed by atoms with Gasteiger partial charge in [-0.05, 0) is 64.2 Å². The van der Waals surface area contributed by atoms with E-state index in [0.29, 0.717) is 19.8 Å². The first-order valence-corrected chi connectivity index (χ1v) is 22.6. The molecule has 1 heterocycles. The smallest absolute Gasteiger partial charge is 0.405 e. The Labute approximate surface area is 328 Å². The third-order valence-corrected chi connectivity index (χ3v) is 11.0. The van der Waals surface area contributed by atoms with Gasteiger partial charge in [0, 0.05) is 6.54 Å². The van der Waals surface area contributed by atoms with Gasteiger partial charge in [0.25, 0.3) is 0 Å². The molecule has 0 bridgehead atoms. The highest BCUT2D eigenvalue weighted by Crippen LogP contribution is 2.44. The van der Waals surface area contributed by atoms with E-state index in [9.17, 15) is 4.57 Å². The molecule has 0 aromatic carbocycles. The van der Waals surface area contributed by atoms with Crippen LogP contribution in [-0.2, 0) is 27.2 Å². The van der Waals surface area contributed by atoms with Crippen molar-refractivity contribution in [1.29, 1.82) is 0 Å². The molecule has 8 heteroatoms. The highest BCUT2D eigenvalue weighted by atomic mass is 127. The number of imidazole rings is 1. The number of hydrogen-bond acceptors (Lipinski definition) is 3. The SMILES string of the molecule is CCCCCCCC/C=C/CCCCCCCCOP(=O)(NCCn1cc[n+](C)c1)OCCCCCCCC/C=C/CCCCCCCC.[I-]. The van der Waals surface area contributed by atoms with Crippen LogP contribution in [0.25, 0.3) is 0 Å². The van der Waals surface area contributed by atoms with Gasteiger partial charge in [0.1, 0.15) is 18.9 Å². The first-order valence-electron chi connectivity index (χ1n) is 21.0. The number of aromatic nitrogens is 2. The quantitative estimate of drug-likeness (QED) is 0.0237. The lowest BCUT2D eigenvalue weighted by atomic mass is 10.1. The summed E-state index contributed by atoms with van der Waals surface area (Å²) in [4.78, 5) is 0. The van der Waals surface area contributed by atoms with E-state index >= 15 is 0 Å². The van der Waals surface area contributed by atoms with Crippen molar-refractivity contribution in [2.75, 3.05) is 19.8 Å². The molecule has 6 nitrogen and oxygen atoms in total. The minimum atomic E-state index is -3.31. The van der Waals surface area contributed by atoms with Gasteiger partial charge in [-0.15, -0.1) is 0 Å². The van der Waals surface area contributed by atoms with Gasteiger partial charge in [-0.25, -0.2) is 18.8 Å². The normalized spacial score (nSPS) is 12.1. The van der Waals surface area contributed by atoms with Crippen LogP contribution in [0.1, 0.15) is 194 Å². The molecule has 294 valence electrons. The van der Waals surface area contributed by atoms with Crippen LogP contribution in [0.15, 0.2) is 43.0 Å². The molecule has 0 aliphatic heterocycles. The summed E-state index contributed by atoms with van der Waals surface area (Å²) in [5.41, 5.74) is 0. The fraction of sp³-hybridized carbons (Fsp3) is 0.833. The van der Waals surface area contributed by atoms with Crippen molar-refractivity contribution < 1.29 is 42.2 Å². The fourth-order valence-corrected chi connectivity index (χ4v) is 7.52. The van der Waals surface area contributed by atoms with Gasteiger partial charge in [-0.2, -0.15) is 0 Å². The molecule has 0 aliphatic carbocycles. The van der Waals surface area contributed by atoms with Gasteiger partial charge in [0.05, 0.1) is 20.3 Å². The molecular weight excluding hydrogens is 752 g/mol. The second kappa shape index (κ2) is 38.3. The third-order valence-electron chi connectivity index (χ3n) is 9.33. The van der Waals surface area contributed by atoms with Gasteiger partial charge >= 0.3 is 7.75 Å². The summed E-state index contributed by atoms with van der Waals surface area (Å²) in [6.45, 7) is 6.79. The zero-order valence-corrected chi connectivity index (χ0v) is 36.2. The van der Waals surface area contributed by atoms with E-state index in [1.165, 1.54) is 154 Å². The predicted molar refractivity (Wildman–Crippen MR) is 212 cm³/mol. The van der Waals surface area contributed by atoms with E-state index in [2.05, 4.69) is 47.8 Å². The molecular formula is C42H81IN3O3P. The van der Waals surface area contributed by atoms with Crippen LogP contribution in [0.4, 0.5) is 0 Å². The zero-order valence-electron chi connectivity index (χ0n) is 33.1. The number of halogens is 1. The lowest BCUT2D eigenvalue weighted by Gasteiger charge is -2.19. The highest BCUT2D eigenvalue weighted by molar-refractivity contribution is 7.51. The lowest BCUT2D eigenvalue weighted by molar-refractivity contribution is -0.671. The van der Waals surface area contributed by atoms with Crippen LogP contribution in [0.3, 0.4) is 0 Å². The van der Waals surface area contributed by atoms with Crippen molar-refractivity contribution in [2.24, 2.45) is 7.05 Å². The van der Waals surface area contributed by atoms with Gasteiger partial charge < -0.3 is 24.0 Å². The number of rotatable bonds is 38. The van der Waals surface area contributed by atoms with Crippen molar-refractivity contribution in [1.82, 2.24) is 9.65 Å². The van der Waals surface area contributed by atoms with E-state index in [-0.39, 0.29) is 24.0 Å². The molecule has 0 saturated carbocycles. The molecule has 0 spiro atoms. The second-order valence-corrected chi connectivity index (χ2v) is 16.1. The maximum Gasteiger partial charge on any atom is 0.405 e. The van der Waals surface area contributed by atoms with E-state index in [1.54, 1.807) is 0 Å². The van der Waals surface area contributed by atoms with Gasteiger partial charge in [0.2, 0.25) is 6.33 Å². The minimum absolute atomic E-state index is 0. The standard InChI is InChI=1S/C42H81N3O3P.HI/c1-4-6-8-10-12-14-16-18-20-22-24-26-28-30-32-34-40-47-49(46,43-36-37-45-39-38-44(3)42-45)48-41-35-33-31-29-27-25-23-21-19-17-15-13-11-9-7-5-2;/h18-21,38-39,42H,4-17,22-37,40-41H2,1-3H3,(H,43,46);1H/q+1;/p-1/b20-18+,21-19+;. The average molecular weight is 834 g/mol. The van der Waals surface area contributed by atoms with E-state index in [4.69, 9.17) is 9.05 Å². The summed E-state index contributed by atoms with van der Waals surface area (Å²) in [6.07, 6.45) is 51.2. The number of nitrogens with one attached hydrogen (secondary N) is 1. The maximum atomic E-state index is 13.5. The molecule has 0 radical (unpaired) electrons. The Kier molecular flexibility index (Phi) is 37.9. The number of unbranched alkanes of at least 4 members (excludes halogenated alkanes) is 24. The predicted octanol–water partition coefficient (Wildman–Crippen LogP) is 10.1.